The predicted octanol–water partition coefficient (Wildman–Crippen LogP) is 2.56. The third-order valence-electron chi connectivity index (χ3n) is 1.33. The minimum atomic E-state index is -0.332. The Bertz CT molecular complexity index is 200. The highest BCUT2D eigenvalue weighted by molar-refractivity contribution is 8.02. The van der Waals surface area contributed by atoms with Gasteiger partial charge in [-0.2, -0.15) is 11.8 Å². The van der Waals surface area contributed by atoms with Gasteiger partial charge in [0.25, 0.3) is 0 Å². The molecule has 1 atom stereocenters. The molecule has 0 rings (SSSR count). The first-order valence-electron chi connectivity index (χ1n) is 4.95. The molecule has 0 saturated heterocycles. The number of hydrogen-bond acceptors (Lipinski definition) is 5. The molecule has 0 aliphatic carbocycles. The minimum Gasteiger partial charge on any atom is -0.377 e. The number of nitrogens with zero attached hydrogens (tertiary/aromatic N) is 1. The molecular weight excluding hydrogens is 228 g/mol. The molecule has 2 N–H and O–H groups in total. The van der Waals surface area contributed by atoms with Gasteiger partial charge in [0.2, 0.25) is 0 Å². The van der Waals surface area contributed by atoms with Gasteiger partial charge in [0.15, 0.2) is 6.23 Å². The van der Waals surface area contributed by atoms with Gasteiger partial charge < -0.3 is 4.84 Å². The second-order valence-electron chi connectivity index (χ2n) is 4.30. The van der Waals surface area contributed by atoms with Crippen LogP contribution in [0.25, 0.3) is 0 Å². The van der Waals surface area contributed by atoms with Crippen LogP contribution in [0.1, 0.15) is 27.7 Å². The molecule has 0 heterocycles. The first-order valence-corrected chi connectivity index (χ1v) is 7.33. The van der Waals surface area contributed by atoms with E-state index in [9.17, 15) is 0 Å². The Balaban J connectivity index is 4.09. The average molecular weight is 250 g/mol. The summed E-state index contributed by atoms with van der Waals surface area (Å²) in [5, 5.41) is 4.07. The number of oxime groups is 1. The van der Waals surface area contributed by atoms with Gasteiger partial charge in [-0.15, -0.1) is 11.8 Å². The fourth-order valence-corrected chi connectivity index (χ4v) is 2.09. The summed E-state index contributed by atoms with van der Waals surface area (Å²) in [5.74, 6) is 1.80. The van der Waals surface area contributed by atoms with Crippen LogP contribution in [0, 0.1) is 0 Å². The fraction of sp³-hybridized carbons (Fsp3) is 0.900. The van der Waals surface area contributed by atoms with Gasteiger partial charge in [-0.25, -0.2) is 0 Å². The van der Waals surface area contributed by atoms with Crippen molar-refractivity contribution in [3.63, 3.8) is 0 Å². The SMILES string of the molecule is CSC/C(CSC(C)(C)C)=N\OC(C)N. The Hall–Kier alpha value is 0.130. The van der Waals surface area contributed by atoms with Crippen LogP contribution in [0.5, 0.6) is 0 Å². The molecule has 0 radical (unpaired) electrons. The highest BCUT2D eigenvalue weighted by Crippen LogP contribution is 2.23. The van der Waals surface area contributed by atoms with E-state index in [4.69, 9.17) is 10.6 Å². The predicted molar refractivity (Wildman–Crippen MR) is 72.8 cm³/mol. The van der Waals surface area contributed by atoms with Crippen LogP contribution in [-0.4, -0.2) is 34.4 Å². The van der Waals surface area contributed by atoms with Gasteiger partial charge in [-0.3, -0.25) is 5.73 Å². The summed E-state index contributed by atoms with van der Waals surface area (Å²) < 4.78 is 0.257. The van der Waals surface area contributed by atoms with Crippen LogP contribution in [-0.2, 0) is 4.84 Å². The van der Waals surface area contributed by atoms with E-state index in [-0.39, 0.29) is 11.0 Å². The lowest BCUT2D eigenvalue weighted by atomic mass is 10.3. The van der Waals surface area contributed by atoms with Crippen molar-refractivity contribution in [3.05, 3.63) is 0 Å². The van der Waals surface area contributed by atoms with Gasteiger partial charge >= 0.3 is 0 Å². The van der Waals surface area contributed by atoms with Crippen LogP contribution >= 0.6 is 23.5 Å². The van der Waals surface area contributed by atoms with Crippen molar-refractivity contribution in [2.75, 3.05) is 17.8 Å². The molecule has 0 aliphatic rings. The summed E-state index contributed by atoms with van der Waals surface area (Å²) in [6, 6.07) is 0. The third kappa shape index (κ3) is 10.4. The van der Waals surface area contributed by atoms with Crippen LogP contribution in [0.15, 0.2) is 5.16 Å². The maximum Gasteiger partial charge on any atom is 0.173 e. The highest BCUT2D eigenvalue weighted by atomic mass is 32.2. The van der Waals surface area contributed by atoms with Crippen molar-refractivity contribution >= 4 is 29.2 Å². The van der Waals surface area contributed by atoms with E-state index < -0.39 is 0 Å². The molecule has 0 fully saturated rings. The van der Waals surface area contributed by atoms with E-state index in [1.54, 1.807) is 18.7 Å². The topological polar surface area (TPSA) is 47.6 Å². The molecule has 0 saturated carbocycles. The molecule has 1 unspecified atom stereocenters. The summed E-state index contributed by atoms with van der Waals surface area (Å²) in [6.07, 6.45) is 1.73. The molecule has 0 aromatic heterocycles. The zero-order valence-corrected chi connectivity index (χ0v) is 11.9. The molecule has 15 heavy (non-hydrogen) atoms. The van der Waals surface area contributed by atoms with E-state index in [1.807, 2.05) is 11.8 Å². The summed E-state index contributed by atoms with van der Waals surface area (Å²) in [7, 11) is 0. The summed E-state index contributed by atoms with van der Waals surface area (Å²) >= 11 is 3.62. The van der Waals surface area contributed by atoms with Crippen LogP contribution in [0.2, 0.25) is 0 Å². The largest absolute Gasteiger partial charge is 0.377 e. The second kappa shape index (κ2) is 7.41. The van der Waals surface area contributed by atoms with Crippen molar-refractivity contribution in [2.24, 2.45) is 10.9 Å². The molecule has 5 heteroatoms. The lowest BCUT2D eigenvalue weighted by molar-refractivity contribution is 0.0772. The quantitative estimate of drug-likeness (QED) is 0.447. The normalized spacial score (nSPS) is 15.2. The Kier molecular flexibility index (Phi) is 7.48. The second-order valence-corrected chi connectivity index (χ2v) is 6.97. The standard InChI is InChI=1S/C10H22N2OS2/c1-8(11)13-12-9(6-14-5)7-15-10(2,3)4/h8H,6-7,11H2,1-5H3/b12-9+. The van der Waals surface area contributed by atoms with Crippen molar-refractivity contribution in [1.82, 2.24) is 0 Å². The maximum absolute atomic E-state index is 5.48. The average Bonchev–Trinajstić information content (AvgIpc) is 2.08. The Morgan fingerprint density at radius 3 is 2.40 bits per heavy atom. The minimum absolute atomic E-state index is 0.257. The first-order chi connectivity index (χ1) is 6.85. The lowest BCUT2D eigenvalue weighted by Crippen LogP contribution is -2.19. The molecule has 3 nitrogen and oxygen atoms in total. The molecule has 0 amide bonds. The highest BCUT2D eigenvalue weighted by Gasteiger charge is 2.12. The molecule has 0 aliphatic heterocycles. The fourth-order valence-electron chi connectivity index (χ4n) is 0.718. The Morgan fingerprint density at radius 2 is 2.00 bits per heavy atom. The van der Waals surface area contributed by atoms with Crippen molar-refractivity contribution in [2.45, 2.75) is 38.7 Å². The number of rotatable bonds is 6. The van der Waals surface area contributed by atoms with E-state index >= 15 is 0 Å². The summed E-state index contributed by atoms with van der Waals surface area (Å²) in [6.45, 7) is 8.36. The third-order valence-corrected chi connectivity index (χ3v) is 3.30. The van der Waals surface area contributed by atoms with Crippen LogP contribution in [0.3, 0.4) is 0 Å². The van der Waals surface area contributed by atoms with E-state index in [0.29, 0.717) is 0 Å². The van der Waals surface area contributed by atoms with E-state index in [0.717, 1.165) is 17.2 Å². The molecular formula is C10H22N2OS2. The zero-order chi connectivity index (χ0) is 11.9. The Morgan fingerprint density at radius 1 is 1.40 bits per heavy atom. The monoisotopic (exact) mass is 250 g/mol. The van der Waals surface area contributed by atoms with Gasteiger partial charge in [0.1, 0.15) is 0 Å². The maximum atomic E-state index is 5.48. The smallest absolute Gasteiger partial charge is 0.173 e. The van der Waals surface area contributed by atoms with Crippen LogP contribution < -0.4 is 5.73 Å². The summed E-state index contributed by atoms with van der Waals surface area (Å²) in [4.78, 5) is 5.06. The number of hydrogen-bond donors (Lipinski definition) is 1. The van der Waals surface area contributed by atoms with Crippen molar-refractivity contribution in [3.8, 4) is 0 Å². The summed E-state index contributed by atoms with van der Waals surface area (Å²) in [5.41, 5.74) is 6.53. The van der Waals surface area contributed by atoms with E-state index in [2.05, 4.69) is 32.2 Å². The van der Waals surface area contributed by atoms with E-state index in [1.165, 1.54) is 0 Å². The van der Waals surface area contributed by atoms with Crippen LogP contribution in [0.4, 0.5) is 0 Å². The Labute approximate surface area is 102 Å². The molecule has 0 spiro atoms. The zero-order valence-electron chi connectivity index (χ0n) is 10.2. The molecule has 90 valence electrons. The van der Waals surface area contributed by atoms with Crippen molar-refractivity contribution < 1.29 is 4.84 Å². The lowest BCUT2D eigenvalue weighted by Gasteiger charge is -2.18. The van der Waals surface area contributed by atoms with Gasteiger partial charge in [0.05, 0.1) is 5.71 Å². The van der Waals surface area contributed by atoms with Crippen molar-refractivity contribution in [1.29, 1.82) is 0 Å². The van der Waals surface area contributed by atoms with Gasteiger partial charge in [0, 0.05) is 16.3 Å². The number of nitrogens with two attached hydrogens (primary N) is 1. The molecule has 0 aromatic rings. The van der Waals surface area contributed by atoms with Gasteiger partial charge in [-0.1, -0.05) is 25.9 Å². The van der Waals surface area contributed by atoms with Gasteiger partial charge in [-0.05, 0) is 13.2 Å². The first kappa shape index (κ1) is 15.1. The molecule has 0 aromatic carbocycles. The number of thioether (sulfide) groups is 2. The molecule has 0 bridgehead atoms.